The van der Waals surface area contributed by atoms with Crippen LogP contribution in [-0.2, 0) is 14.8 Å². The van der Waals surface area contributed by atoms with Crippen molar-refractivity contribution in [3.63, 3.8) is 0 Å². The molecule has 0 saturated heterocycles. The number of rotatable bonds is 6. The van der Waals surface area contributed by atoms with Gasteiger partial charge in [0.1, 0.15) is 4.90 Å². The van der Waals surface area contributed by atoms with Crippen molar-refractivity contribution >= 4 is 27.7 Å². The van der Waals surface area contributed by atoms with Gasteiger partial charge >= 0.3 is 0 Å². The number of nitrogens with two attached hydrogens (primary N) is 1. The van der Waals surface area contributed by atoms with Gasteiger partial charge < -0.3 is 5.73 Å². The SMILES string of the molecule is C[C@H](Sc1ccc(S(=O)(=O)N(C)C2CCCCC2)cn1)C(N)=O. The second-order valence-corrected chi connectivity index (χ2v) is 9.17. The first-order valence-corrected chi connectivity index (χ1v) is 10.0. The number of sulfonamides is 1. The molecule has 1 saturated carbocycles. The minimum atomic E-state index is -3.53. The Morgan fingerprint density at radius 3 is 2.52 bits per heavy atom. The van der Waals surface area contributed by atoms with E-state index in [1.165, 1.54) is 34.8 Å². The molecule has 128 valence electrons. The number of aromatic nitrogens is 1. The van der Waals surface area contributed by atoms with Crippen molar-refractivity contribution in [1.29, 1.82) is 0 Å². The summed E-state index contributed by atoms with van der Waals surface area (Å²) in [6, 6.07) is 3.22. The van der Waals surface area contributed by atoms with Crippen LogP contribution in [0.4, 0.5) is 0 Å². The molecule has 0 bridgehead atoms. The largest absolute Gasteiger partial charge is 0.369 e. The summed E-state index contributed by atoms with van der Waals surface area (Å²) in [5.74, 6) is -0.425. The van der Waals surface area contributed by atoms with E-state index in [1.54, 1.807) is 20.0 Å². The molecule has 0 radical (unpaired) electrons. The van der Waals surface area contributed by atoms with E-state index in [0.29, 0.717) is 5.03 Å². The Labute approximate surface area is 141 Å². The Hall–Kier alpha value is -1.12. The average Bonchev–Trinajstić information content (AvgIpc) is 2.55. The van der Waals surface area contributed by atoms with Crippen LogP contribution in [0.2, 0.25) is 0 Å². The van der Waals surface area contributed by atoms with Gasteiger partial charge in [0.25, 0.3) is 0 Å². The fourth-order valence-corrected chi connectivity index (χ4v) is 4.74. The monoisotopic (exact) mass is 357 g/mol. The minimum Gasteiger partial charge on any atom is -0.369 e. The number of primary amides is 1. The fraction of sp³-hybridized carbons (Fsp3) is 0.600. The molecule has 1 aromatic heterocycles. The maximum Gasteiger partial charge on any atom is 0.244 e. The lowest BCUT2D eigenvalue weighted by Crippen LogP contribution is -2.38. The molecule has 2 N–H and O–H groups in total. The summed E-state index contributed by atoms with van der Waals surface area (Å²) in [7, 11) is -1.89. The molecule has 1 aliphatic carbocycles. The summed E-state index contributed by atoms with van der Waals surface area (Å²) in [5, 5.41) is 0.172. The van der Waals surface area contributed by atoms with Crippen LogP contribution in [0.15, 0.2) is 28.3 Å². The standard InChI is InChI=1S/C15H23N3O3S2/c1-11(15(16)19)22-14-9-8-13(10-17-14)23(20,21)18(2)12-6-4-3-5-7-12/h8-12H,3-7H2,1-2H3,(H2,16,19)/t11-/m0/s1. The molecule has 8 heteroatoms. The van der Waals surface area contributed by atoms with Crippen molar-refractivity contribution in [2.24, 2.45) is 5.73 Å². The van der Waals surface area contributed by atoms with E-state index in [9.17, 15) is 13.2 Å². The predicted octanol–water partition coefficient (Wildman–Crippen LogP) is 2.00. The number of pyridine rings is 1. The Kier molecular flexibility index (Phi) is 6.05. The van der Waals surface area contributed by atoms with Crippen LogP contribution in [0, 0.1) is 0 Å². The lowest BCUT2D eigenvalue weighted by atomic mass is 9.96. The van der Waals surface area contributed by atoms with Crippen molar-refractivity contribution in [1.82, 2.24) is 9.29 Å². The topological polar surface area (TPSA) is 93.4 Å². The van der Waals surface area contributed by atoms with E-state index >= 15 is 0 Å². The fourth-order valence-electron chi connectivity index (χ4n) is 2.64. The average molecular weight is 358 g/mol. The molecule has 6 nitrogen and oxygen atoms in total. The highest BCUT2D eigenvalue weighted by Crippen LogP contribution is 2.27. The van der Waals surface area contributed by atoms with E-state index < -0.39 is 21.2 Å². The summed E-state index contributed by atoms with van der Waals surface area (Å²) < 4.78 is 26.8. The minimum absolute atomic E-state index is 0.0673. The Morgan fingerprint density at radius 2 is 2.00 bits per heavy atom. The summed E-state index contributed by atoms with van der Waals surface area (Å²) in [6.45, 7) is 1.69. The molecule has 0 aromatic carbocycles. The second kappa shape index (κ2) is 7.63. The number of thioether (sulfide) groups is 1. The molecule has 1 heterocycles. The normalized spacial score (nSPS) is 18.0. The van der Waals surface area contributed by atoms with Crippen LogP contribution in [0.25, 0.3) is 0 Å². The lowest BCUT2D eigenvalue weighted by Gasteiger charge is -2.30. The van der Waals surface area contributed by atoms with Gasteiger partial charge in [-0.05, 0) is 31.9 Å². The maximum atomic E-state index is 12.7. The number of amides is 1. The highest BCUT2D eigenvalue weighted by atomic mass is 32.2. The van der Waals surface area contributed by atoms with Crippen LogP contribution in [0.3, 0.4) is 0 Å². The molecule has 23 heavy (non-hydrogen) atoms. The van der Waals surface area contributed by atoms with Crippen LogP contribution in [-0.4, -0.2) is 42.0 Å². The van der Waals surface area contributed by atoms with E-state index in [2.05, 4.69) is 4.98 Å². The van der Waals surface area contributed by atoms with Crippen LogP contribution in [0.1, 0.15) is 39.0 Å². The molecule has 0 unspecified atom stereocenters. The first-order valence-electron chi connectivity index (χ1n) is 7.72. The lowest BCUT2D eigenvalue weighted by molar-refractivity contribution is -0.117. The van der Waals surface area contributed by atoms with Gasteiger partial charge in [-0.2, -0.15) is 4.31 Å². The Bertz CT molecular complexity index is 640. The first kappa shape index (κ1) is 18.2. The highest BCUT2D eigenvalue weighted by molar-refractivity contribution is 8.00. The van der Waals surface area contributed by atoms with E-state index in [-0.39, 0.29) is 10.9 Å². The number of hydrogen-bond acceptors (Lipinski definition) is 5. The molecule has 1 aliphatic rings. The predicted molar refractivity (Wildman–Crippen MR) is 90.6 cm³/mol. The third kappa shape index (κ3) is 4.45. The maximum absolute atomic E-state index is 12.7. The molecule has 1 atom stereocenters. The number of hydrogen-bond donors (Lipinski definition) is 1. The zero-order valence-electron chi connectivity index (χ0n) is 13.4. The molecule has 0 aliphatic heterocycles. The smallest absolute Gasteiger partial charge is 0.244 e. The third-order valence-corrected chi connectivity index (χ3v) is 7.14. The van der Waals surface area contributed by atoms with Crippen LogP contribution >= 0.6 is 11.8 Å². The molecular formula is C15H23N3O3S2. The summed E-state index contributed by atoms with van der Waals surface area (Å²) >= 11 is 1.21. The van der Waals surface area contributed by atoms with Crippen molar-refractivity contribution in [2.75, 3.05) is 7.05 Å². The first-order chi connectivity index (χ1) is 10.8. The van der Waals surface area contributed by atoms with Crippen molar-refractivity contribution < 1.29 is 13.2 Å². The zero-order valence-corrected chi connectivity index (χ0v) is 15.1. The molecule has 1 aromatic rings. The van der Waals surface area contributed by atoms with Gasteiger partial charge in [-0.25, -0.2) is 13.4 Å². The molecule has 1 fully saturated rings. The van der Waals surface area contributed by atoms with Crippen molar-refractivity contribution in [2.45, 2.75) is 60.2 Å². The van der Waals surface area contributed by atoms with Gasteiger partial charge in [-0.3, -0.25) is 4.79 Å². The van der Waals surface area contributed by atoms with Crippen molar-refractivity contribution in [3.8, 4) is 0 Å². The quantitative estimate of drug-likeness (QED) is 0.786. The van der Waals surface area contributed by atoms with Gasteiger partial charge in [-0.1, -0.05) is 31.0 Å². The van der Waals surface area contributed by atoms with Gasteiger partial charge in [-0.15, -0.1) is 0 Å². The van der Waals surface area contributed by atoms with Crippen LogP contribution in [0.5, 0.6) is 0 Å². The van der Waals surface area contributed by atoms with Gasteiger partial charge in [0.2, 0.25) is 15.9 Å². The zero-order chi connectivity index (χ0) is 17.0. The van der Waals surface area contributed by atoms with Crippen LogP contribution < -0.4 is 5.73 Å². The third-order valence-electron chi connectivity index (χ3n) is 4.17. The number of carbonyl (C=O) groups excluding carboxylic acids is 1. The van der Waals surface area contributed by atoms with Gasteiger partial charge in [0.15, 0.2) is 0 Å². The van der Waals surface area contributed by atoms with Crippen molar-refractivity contribution in [3.05, 3.63) is 18.3 Å². The Balaban J connectivity index is 2.12. The van der Waals surface area contributed by atoms with Gasteiger partial charge in [0, 0.05) is 19.3 Å². The van der Waals surface area contributed by atoms with E-state index in [0.717, 1.165) is 25.7 Å². The van der Waals surface area contributed by atoms with E-state index in [1.807, 2.05) is 0 Å². The molecule has 1 amide bonds. The number of carbonyl (C=O) groups is 1. The van der Waals surface area contributed by atoms with Gasteiger partial charge in [0.05, 0.1) is 10.3 Å². The summed E-state index contributed by atoms with van der Waals surface area (Å²) in [6.07, 6.45) is 6.49. The molecule has 2 rings (SSSR count). The number of nitrogens with zero attached hydrogens (tertiary/aromatic N) is 2. The summed E-state index contributed by atoms with van der Waals surface area (Å²) in [5.41, 5.74) is 5.22. The Morgan fingerprint density at radius 1 is 1.35 bits per heavy atom. The highest BCUT2D eigenvalue weighted by Gasteiger charge is 2.29. The van der Waals surface area contributed by atoms with E-state index in [4.69, 9.17) is 5.73 Å². The molecule has 0 spiro atoms. The summed E-state index contributed by atoms with van der Waals surface area (Å²) in [4.78, 5) is 15.4. The molecular weight excluding hydrogens is 334 g/mol. The second-order valence-electron chi connectivity index (χ2n) is 5.81.